The molecule has 2 nitrogen and oxygen atoms in total. The van der Waals surface area contributed by atoms with Gasteiger partial charge in [-0.25, -0.2) is 4.39 Å². The molecule has 0 unspecified atom stereocenters. The Morgan fingerprint density at radius 1 is 1.25 bits per heavy atom. The van der Waals surface area contributed by atoms with Crippen molar-refractivity contribution in [2.75, 3.05) is 20.1 Å². The second kappa shape index (κ2) is 6.10. The van der Waals surface area contributed by atoms with Gasteiger partial charge in [0.25, 0.3) is 0 Å². The molecule has 1 aliphatic rings. The van der Waals surface area contributed by atoms with Crippen LogP contribution in [0.1, 0.15) is 24.0 Å². The number of nitrogens with zero attached hydrogens (tertiary/aromatic N) is 1. The Morgan fingerprint density at radius 3 is 2.50 bits per heavy atom. The largest absolute Gasteiger partial charge is 0.416 e. The van der Waals surface area contributed by atoms with Crippen LogP contribution >= 0.6 is 0 Å². The second-order valence-electron chi connectivity index (χ2n) is 5.20. The fraction of sp³-hybridized carbons (Fsp3) is 0.571. The SMILES string of the molecule is CN(Cc1ccc(F)cc1C(F)(F)F)C1CCNCC1. The highest BCUT2D eigenvalue weighted by atomic mass is 19.4. The van der Waals surface area contributed by atoms with Crippen LogP contribution in [0.4, 0.5) is 17.6 Å². The van der Waals surface area contributed by atoms with Crippen LogP contribution in [0.15, 0.2) is 18.2 Å². The van der Waals surface area contributed by atoms with E-state index in [1.54, 1.807) is 0 Å². The molecule has 1 aliphatic heterocycles. The lowest BCUT2D eigenvalue weighted by atomic mass is 10.0. The van der Waals surface area contributed by atoms with Crippen LogP contribution in [-0.2, 0) is 12.7 Å². The first-order valence-corrected chi connectivity index (χ1v) is 6.64. The zero-order valence-electron chi connectivity index (χ0n) is 11.3. The summed E-state index contributed by atoms with van der Waals surface area (Å²) in [4.78, 5) is 1.92. The maximum Gasteiger partial charge on any atom is 0.416 e. The van der Waals surface area contributed by atoms with E-state index in [4.69, 9.17) is 0 Å². The summed E-state index contributed by atoms with van der Waals surface area (Å²) in [5.74, 6) is -0.856. The zero-order valence-corrected chi connectivity index (χ0v) is 11.3. The van der Waals surface area contributed by atoms with Crippen LogP contribution in [0.2, 0.25) is 0 Å². The van der Waals surface area contributed by atoms with E-state index in [9.17, 15) is 17.6 Å². The molecule has 112 valence electrons. The summed E-state index contributed by atoms with van der Waals surface area (Å²) < 4.78 is 51.8. The van der Waals surface area contributed by atoms with E-state index in [0.717, 1.165) is 32.0 Å². The molecule has 0 amide bonds. The molecular formula is C14H18F4N2. The first-order chi connectivity index (χ1) is 9.38. The number of benzene rings is 1. The van der Waals surface area contributed by atoms with Crippen molar-refractivity contribution in [3.05, 3.63) is 35.1 Å². The summed E-state index contributed by atoms with van der Waals surface area (Å²) in [5, 5.41) is 3.22. The van der Waals surface area contributed by atoms with E-state index >= 15 is 0 Å². The topological polar surface area (TPSA) is 15.3 Å². The average Bonchev–Trinajstić information content (AvgIpc) is 2.40. The van der Waals surface area contributed by atoms with Gasteiger partial charge in [0.15, 0.2) is 0 Å². The number of nitrogens with one attached hydrogen (secondary N) is 1. The van der Waals surface area contributed by atoms with Gasteiger partial charge in [-0.05, 0) is 50.7 Å². The average molecular weight is 290 g/mol. The minimum absolute atomic E-state index is 0.125. The van der Waals surface area contributed by atoms with E-state index in [1.165, 1.54) is 6.07 Å². The maximum absolute atomic E-state index is 13.0. The lowest BCUT2D eigenvalue weighted by Gasteiger charge is -2.32. The highest BCUT2D eigenvalue weighted by Gasteiger charge is 2.34. The van der Waals surface area contributed by atoms with Gasteiger partial charge < -0.3 is 5.32 Å². The normalized spacial score (nSPS) is 17.7. The van der Waals surface area contributed by atoms with Crippen molar-refractivity contribution >= 4 is 0 Å². The van der Waals surface area contributed by atoms with Crippen molar-refractivity contribution < 1.29 is 17.6 Å². The molecule has 1 aromatic carbocycles. The van der Waals surface area contributed by atoms with E-state index in [1.807, 2.05) is 11.9 Å². The third-order valence-corrected chi connectivity index (χ3v) is 3.73. The van der Waals surface area contributed by atoms with Gasteiger partial charge in [0.2, 0.25) is 0 Å². The van der Waals surface area contributed by atoms with Crippen molar-refractivity contribution in [2.45, 2.75) is 31.6 Å². The molecule has 1 saturated heterocycles. The smallest absolute Gasteiger partial charge is 0.317 e. The van der Waals surface area contributed by atoms with Crippen molar-refractivity contribution in [2.24, 2.45) is 0 Å². The second-order valence-corrected chi connectivity index (χ2v) is 5.20. The van der Waals surface area contributed by atoms with Gasteiger partial charge in [-0.2, -0.15) is 13.2 Å². The van der Waals surface area contributed by atoms with Crippen LogP contribution < -0.4 is 5.32 Å². The molecule has 0 spiro atoms. The van der Waals surface area contributed by atoms with Gasteiger partial charge in [-0.1, -0.05) is 6.07 Å². The van der Waals surface area contributed by atoms with Crippen molar-refractivity contribution in [1.82, 2.24) is 10.2 Å². The molecule has 6 heteroatoms. The third-order valence-electron chi connectivity index (χ3n) is 3.73. The molecule has 20 heavy (non-hydrogen) atoms. The molecular weight excluding hydrogens is 272 g/mol. The molecule has 1 aromatic rings. The van der Waals surface area contributed by atoms with Crippen LogP contribution in [-0.4, -0.2) is 31.1 Å². The van der Waals surface area contributed by atoms with E-state index < -0.39 is 17.6 Å². The van der Waals surface area contributed by atoms with Crippen LogP contribution in [0, 0.1) is 5.82 Å². The number of halogens is 4. The first kappa shape index (κ1) is 15.3. The van der Waals surface area contributed by atoms with E-state index in [0.29, 0.717) is 6.07 Å². The van der Waals surface area contributed by atoms with Gasteiger partial charge in [0, 0.05) is 12.6 Å². The van der Waals surface area contributed by atoms with Crippen LogP contribution in [0.5, 0.6) is 0 Å². The van der Waals surface area contributed by atoms with Crippen LogP contribution in [0.3, 0.4) is 0 Å². The Bertz CT molecular complexity index is 453. The lowest BCUT2D eigenvalue weighted by Crippen LogP contribution is -2.41. The highest BCUT2D eigenvalue weighted by molar-refractivity contribution is 5.30. The minimum atomic E-state index is -4.52. The summed E-state index contributed by atoms with van der Waals surface area (Å²) in [6.45, 7) is 1.94. The standard InChI is InChI=1S/C14H18F4N2/c1-20(12-4-6-19-7-5-12)9-10-2-3-11(15)8-13(10)14(16,17)18/h2-3,8,12,19H,4-7,9H2,1H3. The molecule has 2 rings (SSSR count). The van der Waals surface area contributed by atoms with Crippen molar-refractivity contribution in [3.8, 4) is 0 Å². The molecule has 0 atom stereocenters. The number of piperidine rings is 1. The lowest BCUT2D eigenvalue weighted by molar-refractivity contribution is -0.138. The predicted octanol–water partition coefficient (Wildman–Crippen LogP) is 3.03. The highest BCUT2D eigenvalue weighted by Crippen LogP contribution is 2.33. The van der Waals surface area contributed by atoms with Gasteiger partial charge in [-0.15, -0.1) is 0 Å². The molecule has 1 N–H and O–H groups in total. The molecule has 0 saturated carbocycles. The molecule has 0 aromatic heterocycles. The fourth-order valence-corrected chi connectivity index (χ4v) is 2.60. The zero-order chi connectivity index (χ0) is 14.8. The minimum Gasteiger partial charge on any atom is -0.317 e. The maximum atomic E-state index is 13.0. The molecule has 0 bridgehead atoms. The number of hydrogen-bond donors (Lipinski definition) is 1. The quantitative estimate of drug-likeness (QED) is 0.861. The summed E-state index contributed by atoms with van der Waals surface area (Å²) in [7, 11) is 1.82. The van der Waals surface area contributed by atoms with Crippen LogP contribution in [0.25, 0.3) is 0 Å². The van der Waals surface area contributed by atoms with Crippen molar-refractivity contribution in [1.29, 1.82) is 0 Å². The van der Waals surface area contributed by atoms with Crippen molar-refractivity contribution in [3.63, 3.8) is 0 Å². The van der Waals surface area contributed by atoms with E-state index in [2.05, 4.69) is 5.32 Å². The Balaban J connectivity index is 2.16. The summed E-state index contributed by atoms with van der Waals surface area (Å²) >= 11 is 0. The van der Waals surface area contributed by atoms with Gasteiger partial charge >= 0.3 is 6.18 Å². The molecule has 0 radical (unpaired) electrons. The van der Waals surface area contributed by atoms with E-state index in [-0.39, 0.29) is 18.2 Å². The Labute approximate surface area is 115 Å². The number of alkyl halides is 3. The summed E-state index contributed by atoms with van der Waals surface area (Å²) in [5.41, 5.74) is -0.752. The molecule has 1 fully saturated rings. The Hall–Kier alpha value is -1.14. The predicted molar refractivity (Wildman–Crippen MR) is 68.8 cm³/mol. The summed E-state index contributed by atoms with van der Waals surface area (Å²) in [6, 6.07) is 3.16. The number of rotatable bonds is 3. The Kier molecular flexibility index (Phi) is 4.65. The first-order valence-electron chi connectivity index (χ1n) is 6.64. The Morgan fingerprint density at radius 2 is 1.90 bits per heavy atom. The monoisotopic (exact) mass is 290 g/mol. The molecule has 1 heterocycles. The summed E-state index contributed by atoms with van der Waals surface area (Å²) in [6.07, 6.45) is -2.69. The van der Waals surface area contributed by atoms with Gasteiger partial charge in [0.05, 0.1) is 5.56 Å². The third kappa shape index (κ3) is 3.70. The van der Waals surface area contributed by atoms with Gasteiger partial charge in [-0.3, -0.25) is 4.90 Å². The van der Waals surface area contributed by atoms with Gasteiger partial charge in [0.1, 0.15) is 5.82 Å². The number of hydrogen-bond acceptors (Lipinski definition) is 2. The fourth-order valence-electron chi connectivity index (χ4n) is 2.60. The molecule has 0 aliphatic carbocycles.